The minimum atomic E-state index is -4.37. The van der Waals surface area contributed by atoms with Gasteiger partial charge >= 0.3 is 6.18 Å². The Morgan fingerprint density at radius 1 is 0.870 bits per heavy atom. The van der Waals surface area contributed by atoms with Crippen LogP contribution in [0.2, 0.25) is 0 Å². The highest BCUT2D eigenvalue weighted by atomic mass is 19.4. The molecule has 2 aliphatic rings. The fourth-order valence-corrected chi connectivity index (χ4v) is 3.07. The van der Waals surface area contributed by atoms with Gasteiger partial charge in [-0.15, -0.1) is 0 Å². The van der Waals surface area contributed by atoms with E-state index in [-0.39, 0.29) is 0 Å². The van der Waals surface area contributed by atoms with E-state index in [1.807, 2.05) is 54.6 Å². The first-order valence-corrected chi connectivity index (χ1v) is 7.28. The molecule has 0 N–H and O–H groups in total. The first kappa shape index (κ1) is 14.0. The van der Waals surface area contributed by atoms with Gasteiger partial charge in [0.2, 0.25) is 0 Å². The molecule has 0 saturated carbocycles. The van der Waals surface area contributed by atoms with Crippen LogP contribution in [0, 0.1) is 0 Å². The fraction of sp³-hybridized carbons (Fsp3) is 0.105. The number of benzene rings is 2. The molecule has 0 fully saturated rings. The Morgan fingerprint density at radius 2 is 1.57 bits per heavy atom. The van der Waals surface area contributed by atoms with Crippen LogP contribution in [0.1, 0.15) is 17.0 Å². The molecule has 23 heavy (non-hydrogen) atoms. The van der Waals surface area contributed by atoms with Crippen LogP contribution in [0.3, 0.4) is 0 Å². The topological polar surface area (TPSA) is 12.4 Å². The summed E-state index contributed by atoms with van der Waals surface area (Å²) in [6, 6.07) is 16.5. The van der Waals surface area contributed by atoms with E-state index in [9.17, 15) is 13.2 Å². The molecule has 1 atom stereocenters. The van der Waals surface area contributed by atoms with E-state index in [0.717, 1.165) is 16.8 Å². The molecule has 0 amide bonds. The third-order valence-electron chi connectivity index (χ3n) is 4.14. The molecule has 2 aromatic rings. The summed E-state index contributed by atoms with van der Waals surface area (Å²) in [5.41, 5.74) is 2.95. The molecule has 0 spiro atoms. The Balaban J connectivity index is 1.91. The van der Waals surface area contributed by atoms with Crippen molar-refractivity contribution >= 4 is 17.0 Å². The summed E-state index contributed by atoms with van der Waals surface area (Å²) in [5.74, 6) is -0.486. The van der Waals surface area contributed by atoms with Crippen molar-refractivity contribution in [1.29, 1.82) is 0 Å². The summed E-state index contributed by atoms with van der Waals surface area (Å²) in [4.78, 5) is 4.58. The van der Waals surface area contributed by atoms with E-state index < -0.39 is 17.7 Å². The van der Waals surface area contributed by atoms with E-state index in [4.69, 9.17) is 0 Å². The first-order valence-electron chi connectivity index (χ1n) is 7.28. The largest absolute Gasteiger partial charge is 0.416 e. The average Bonchev–Trinajstić information content (AvgIpc) is 2.92. The number of alkyl halides is 3. The maximum atomic E-state index is 13.3. The molecule has 1 nitrogen and oxygen atoms in total. The number of aliphatic imine (C=N–C) groups is 1. The van der Waals surface area contributed by atoms with Gasteiger partial charge in [-0.1, -0.05) is 54.6 Å². The number of hydrogen-bond acceptors (Lipinski definition) is 1. The van der Waals surface area contributed by atoms with E-state index >= 15 is 0 Å². The first-order chi connectivity index (χ1) is 11.0. The van der Waals surface area contributed by atoms with E-state index in [0.29, 0.717) is 11.3 Å². The van der Waals surface area contributed by atoms with Crippen molar-refractivity contribution in [3.05, 3.63) is 83.4 Å². The molecule has 4 heteroatoms. The van der Waals surface area contributed by atoms with Gasteiger partial charge in [0.05, 0.1) is 17.0 Å². The lowest BCUT2D eigenvalue weighted by Crippen LogP contribution is -2.20. The minimum Gasteiger partial charge on any atom is -0.251 e. The van der Waals surface area contributed by atoms with Crippen LogP contribution in [0.15, 0.2) is 77.3 Å². The Morgan fingerprint density at radius 3 is 2.30 bits per heavy atom. The lowest BCUT2D eigenvalue weighted by Gasteiger charge is -2.23. The van der Waals surface area contributed by atoms with Gasteiger partial charge in [-0.2, -0.15) is 13.2 Å². The van der Waals surface area contributed by atoms with Gasteiger partial charge in [0.15, 0.2) is 0 Å². The lowest BCUT2D eigenvalue weighted by molar-refractivity contribution is -0.0884. The predicted molar refractivity (Wildman–Crippen MR) is 84.8 cm³/mol. The maximum Gasteiger partial charge on any atom is 0.416 e. The van der Waals surface area contributed by atoms with Crippen LogP contribution in [-0.4, -0.2) is 11.9 Å². The molecule has 1 heterocycles. The highest BCUT2D eigenvalue weighted by Gasteiger charge is 2.39. The second-order valence-corrected chi connectivity index (χ2v) is 5.58. The third-order valence-corrected chi connectivity index (χ3v) is 4.14. The van der Waals surface area contributed by atoms with Crippen LogP contribution < -0.4 is 0 Å². The minimum absolute atomic E-state index is 0.486. The van der Waals surface area contributed by atoms with Crippen molar-refractivity contribution in [2.45, 2.75) is 12.1 Å². The van der Waals surface area contributed by atoms with Gasteiger partial charge in [-0.25, -0.2) is 0 Å². The molecule has 2 aromatic carbocycles. The highest BCUT2D eigenvalue weighted by Crippen LogP contribution is 2.45. The number of nitrogens with zero attached hydrogens (tertiary/aromatic N) is 1. The Bertz CT molecular complexity index is 858. The summed E-state index contributed by atoms with van der Waals surface area (Å²) < 4.78 is 39.9. The van der Waals surface area contributed by atoms with E-state index in [2.05, 4.69) is 4.99 Å². The third kappa shape index (κ3) is 2.31. The zero-order chi connectivity index (χ0) is 16.0. The average molecular weight is 311 g/mol. The zero-order valence-corrected chi connectivity index (χ0v) is 12.0. The van der Waals surface area contributed by atoms with Crippen LogP contribution in [-0.2, 0) is 0 Å². The number of hydrogen-bond donors (Lipinski definition) is 0. The summed E-state index contributed by atoms with van der Waals surface area (Å²) in [6.07, 6.45) is -1.89. The Hall–Kier alpha value is -2.62. The summed E-state index contributed by atoms with van der Waals surface area (Å²) in [6.45, 7) is 0. The SMILES string of the molecule is FC(F)(F)C1=CC(c2ccccc2)C2=Nc3ccccc3C2=C1. The maximum absolute atomic E-state index is 13.3. The molecular weight excluding hydrogens is 299 g/mol. The molecule has 4 rings (SSSR count). The number of allylic oxidation sites excluding steroid dienone is 4. The van der Waals surface area contributed by atoms with Crippen LogP contribution in [0.5, 0.6) is 0 Å². The normalized spacial score (nSPS) is 19.4. The quantitative estimate of drug-likeness (QED) is 0.665. The molecule has 0 bridgehead atoms. The lowest BCUT2D eigenvalue weighted by atomic mass is 9.82. The molecule has 1 unspecified atom stereocenters. The Kier molecular flexibility index (Phi) is 3.01. The van der Waals surface area contributed by atoms with Crippen LogP contribution in [0.25, 0.3) is 5.57 Å². The predicted octanol–water partition coefficient (Wildman–Crippen LogP) is 5.44. The van der Waals surface area contributed by atoms with Crippen molar-refractivity contribution in [3.63, 3.8) is 0 Å². The van der Waals surface area contributed by atoms with Crippen molar-refractivity contribution in [3.8, 4) is 0 Å². The summed E-state index contributed by atoms with van der Waals surface area (Å²) >= 11 is 0. The fourth-order valence-electron chi connectivity index (χ4n) is 3.07. The van der Waals surface area contributed by atoms with Gasteiger partial charge in [-0.3, -0.25) is 4.99 Å². The smallest absolute Gasteiger partial charge is 0.251 e. The standard InChI is InChI=1S/C19H12F3N/c20-19(21,22)13-10-15(12-6-2-1-3-7-12)18-16(11-13)14-8-4-5-9-17(14)23-18/h1-11,15H. The molecule has 0 radical (unpaired) electrons. The molecule has 1 aliphatic heterocycles. The zero-order valence-electron chi connectivity index (χ0n) is 12.0. The number of halogens is 3. The van der Waals surface area contributed by atoms with Gasteiger partial charge in [0, 0.05) is 17.1 Å². The van der Waals surface area contributed by atoms with Crippen molar-refractivity contribution in [1.82, 2.24) is 0 Å². The number of para-hydroxylation sites is 1. The van der Waals surface area contributed by atoms with Crippen molar-refractivity contribution < 1.29 is 13.2 Å². The van der Waals surface area contributed by atoms with E-state index in [1.165, 1.54) is 12.2 Å². The van der Waals surface area contributed by atoms with E-state index in [1.54, 1.807) is 0 Å². The van der Waals surface area contributed by atoms with Gasteiger partial charge in [0.25, 0.3) is 0 Å². The van der Waals surface area contributed by atoms with Crippen molar-refractivity contribution in [2.75, 3.05) is 0 Å². The monoisotopic (exact) mass is 311 g/mol. The van der Waals surface area contributed by atoms with Crippen LogP contribution in [0.4, 0.5) is 18.9 Å². The molecule has 114 valence electrons. The number of rotatable bonds is 1. The molecule has 0 aromatic heterocycles. The molecule has 1 aliphatic carbocycles. The summed E-state index contributed by atoms with van der Waals surface area (Å²) in [7, 11) is 0. The second kappa shape index (κ2) is 4.95. The van der Waals surface area contributed by atoms with Crippen molar-refractivity contribution in [2.24, 2.45) is 4.99 Å². The summed E-state index contributed by atoms with van der Waals surface area (Å²) in [5, 5.41) is 0. The Labute approximate surface area is 131 Å². The highest BCUT2D eigenvalue weighted by molar-refractivity contribution is 6.33. The van der Waals surface area contributed by atoms with Gasteiger partial charge < -0.3 is 0 Å². The van der Waals surface area contributed by atoms with Crippen LogP contribution >= 0.6 is 0 Å². The molecule has 0 saturated heterocycles. The van der Waals surface area contributed by atoms with Gasteiger partial charge in [-0.05, 0) is 17.7 Å². The van der Waals surface area contributed by atoms with Gasteiger partial charge in [0.1, 0.15) is 0 Å². The second-order valence-electron chi connectivity index (χ2n) is 5.58. The number of fused-ring (bicyclic) bond motifs is 3. The molecular formula is C19H12F3N.